The van der Waals surface area contributed by atoms with E-state index in [1.165, 1.54) is 32.4 Å². The van der Waals surface area contributed by atoms with Crippen LogP contribution in [0, 0.1) is 0 Å². The minimum absolute atomic E-state index is 0.0793. The van der Waals surface area contributed by atoms with Gasteiger partial charge in [0.2, 0.25) is 0 Å². The molecule has 0 spiro atoms. The second-order valence-corrected chi connectivity index (χ2v) is 4.95. The number of ether oxygens (including phenoxy) is 2. The van der Waals surface area contributed by atoms with Gasteiger partial charge in [-0.3, -0.25) is 4.79 Å². The Morgan fingerprint density at radius 3 is 2.33 bits per heavy atom. The van der Waals surface area contributed by atoms with E-state index in [0.29, 0.717) is 22.6 Å². The van der Waals surface area contributed by atoms with Gasteiger partial charge >= 0.3 is 6.18 Å². The van der Waals surface area contributed by atoms with E-state index in [-0.39, 0.29) is 17.9 Å². The Kier molecular flexibility index (Phi) is 6.88. The quantitative estimate of drug-likeness (QED) is 0.677. The summed E-state index contributed by atoms with van der Waals surface area (Å²) in [5.74, 6) is -0.0794. The molecular weight excluding hydrogens is 323 g/mol. The summed E-state index contributed by atoms with van der Waals surface area (Å²) in [6, 6.07) is 2.85. The Balaban J connectivity index is 3.31. The maximum Gasteiger partial charge on any atom is 0.406 e. The zero-order valence-corrected chi connectivity index (χ0v) is 13.7. The van der Waals surface area contributed by atoms with E-state index in [9.17, 15) is 18.0 Å². The average molecular weight is 343 g/mol. The molecule has 0 atom stereocenters. The number of rotatable bonds is 8. The summed E-state index contributed by atoms with van der Waals surface area (Å²) in [6.45, 7) is 5.44. The largest absolute Gasteiger partial charge is 0.493 e. The lowest BCUT2D eigenvalue weighted by molar-refractivity contribution is -0.139. The number of allylic oxidation sites excluding steroid dienone is 1. The third-order valence-electron chi connectivity index (χ3n) is 3.17. The molecule has 1 aromatic rings. The normalized spacial score (nSPS) is 10.9. The maximum atomic E-state index is 12.7. The smallest absolute Gasteiger partial charge is 0.406 e. The number of amides is 1. The number of carbonyl (C=O) groups excluding carboxylic acids is 1. The predicted molar refractivity (Wildman–Crippen MR) is 85.6 cm³/mol. The fourth-order valence-corrected chi connectivity index (χ4v) is 2.25. The van der Waals surface area contributed by atoms with Crippen LogP contribution in [-0.4, -0.2) is 44.3 Å². The van der Waals surface area contributed by atoms with Gasteiger partial charge in [-0.05, 0) is 18.6 Å². The van der Waals surface area contributed by atoms with Crippen LogP contribution in [0.15, 0.2) is 37.4 Å². The van der Waals surface area contributed by atoms with Crippen LogP contribution in [-0.2, 0) is 6.42 Å². The van der Waals surface area contributed by atoms with E-state index in [1.54, 1.807) is 6.08 Å². The van der Waals surface area contributed by atoms with Gasteiger partial charge in [0.15, 0.2) is 11.5 Å². The Morgan fingerprint density at radius 2 is 1.88 bits per heavy atom. The topological polar surface area (TPSA) is 38.8 Å². The monoisotopic (exact) mass is 343 g/mol. The van der Waals surface area contributed by atoms with Gasteiger partial charge in [0.1, 0.15) is 6.54 Å². The molecule has 0 aliphatic carbocycles. The molecular formula is C17H20F3NO3. The molecule has 0 heterocycles. The van der Waals surface area contributed by atoms with Crippen molar-refractivity contribution in [2.45, 2.75) is 12.6 Å². The van der Waals surface area contributed by atoms with Crippen LogP contribution in [0.3, 0.4) is 0 Å². The van der Waals surface area contributed by atoms with Crippen molar-refractivity contribution >= 4 is 5.91 Å². The van der Waals surface area contributed by atoms with E-state index in [4.69, 9.17) is 9.47 Å². The molecule has 1 amide bonds. The van der Waals surface area contributed by atoms with Crippen LogP contribution in [0.2, 0.25) is 0 Å². The summed E-state index contributed by atoms with van der Waals surface area (Å²) in [7, 11) is 2.83. The van der Waals surface area contributed by atoms with Crippen molar-refractivity contribution in [1.29, 1.82) is 0 Å². The second kappa shape index (κ2) is 8.42. The molecule has 0 aliphatic rings. The zero-order valence-electron chi connectivity index (χ0n) is 13.7. The first-order valence-corrected chi connectivity index (χ1v) is 7.10. The Morgan fingerprint density at radius 1 is 1.21 bits per heavy atom. The molecule has 24 heavy (non-hydrogen) atoms. The van der Waals surface area contributed by atoms with Crippen LogP contribution in [0.5, 0.6) is 11.5 Å². The summed E-state index contributed by atoms with van der Waals surface area (Å²) in [5.41, 5.74) is 0.677. The van der Waals surface area contributed by atoms with Gasteiger partial charge in [0, 0.05) is 17.7 Å². The number of hydrogen-bond acceptors (Lipinski definition) is 3. The molecule has 4 nitrogen and oxygen atoms in total. The highest BCUT2D eigenvalue weighted by Crippen LogP contribution is 2.33. The molecule has 0 aromatic heterocycles. The van der Waals surface area contributed by atoms with Gasteiger partial charge in [0.25, 0.3) is 5.91 Å². The van der Waals surface area contributed by atoms with Gasteiger partial charge in [-0.2, -0.15) is 13.2 Å². The van der Waals surface area contributed by atoms with Crippen molar-refractivity contribution in [2.24, 2.45) is 0 Å². The van der Waals surface area contributed by atoms with E-state index in [2.05, 4.69) is 13.2 Å². The van der Waals surface area contributed by atoms with Crippen molar-refractivity contribution in [1.82, 2.24) is 4.90 Å². The molecule has 7 heteroatoms. The molecule has 0 bridgehead atoms. The Bertz CT molecular complexity index is 612. The summed E-state index contributed by atoms with van der Waals surface area (Å²) in [6.07, 6.45) is -1.28. The SMILES string of the molecule is C=CCc1cc(C(=O)N(CC=C)CC(F)(F)F)cc(OC)c1OC. The summed E-state index contributed by atoms with van der Waals surface area (Å²) in [5, 5.41) is 0. The highest BCUT2D eigenvalue weighted by molar-refractivity contribution is 5.95. The Hall–Kier alpha value is -2.44. The van der Waals surface area contributed by atoms with Crippen LogP contribution in [0.25, 0.3) is 0 Å². The number of halogens is 3. The number of hydrogen-bond donors (Lipinski definition) is 0. The first kappa shape index (κ1) is 19.6. The number of benzene rings is 1. The predicted octanol–water partition coefficient (Wildman–Crippen LogP) is 3.62. The van der Waals surface area contributed by atoms with Crippen LogP contribution in [0.1, 0.15) is 15.9 Å². The van der Waals surface area contributed by atoms with Crippen molar-refractivity contribution in [3.8, 4) is 11.5 Å². The number of nitrogens with zero attached hydrogens (tertiary/aromatic N) is 1. The molecule has 1 aromatic carbocycles. The highest BCUT2D eigenvalue weighted by Gasteiger charge is 2.33. The summed E-state index contributed by atoms with van der Waals surface area (Å²) >= 11 is 0. The molecule has 0 aliphatic heterocycles. The fourth-order valence-electron chi connectivity index (χ4n) is 2.25. The number of methoxy groups -OCH3 is 2. The van der Waals surface area contributed by atoms with E-state index in [1.807, 2.05) is 0 Å². The first-order valence-electron chi connectivity index (χ1n) is 7.10. The highest BCUT2D eigenvalue weighted by atomic mass is 19.4. The minimum Gasteiger partial charge on any atom is -0.493 e. The Labute approximate surface area is 139 Å². The van der Waals surface area contributed by atoms with Gasteiger partial charge < -0.3 is 14.4 Å². The number of carbonyl (C=O) groups is 1. The third-order valence-corrected chi connectivity index (χ3v) is 3.17. The van der Waals surface area contributed by atoms with Crippen LogP contribution >= 0.6 is 0 Å². The van der Waals surface area contributed by atoms with Gasteiger partial charge in [0.05, 0.1) is 14.2 Å². The lowest BCUT2D eigenvalue weighted by atomic mass is 10.0. The molecule has 0 N–H and O–H groups in total. The molecule has 0 radical (unpaired) electrons. The second-order valence-electron chi connectivity index (χ2n) is 4.95. The molecule has 0 fully saturated rings. The van der Waals surface area contributed by atoms with Crippen LogP contribution in [0.4, 0.5) is 13.2 Å². The van der Waals surface area contributed by atoms with Crippen molar-refractivity contribution in [2.75, 3.05) is 27.3 Å². The standard InChI is InChI=1S/C17H20F3NO3/c1-5-7-12-9-13(10-14(23-3)15(12)24-4)16(22)21(8-6-2)11-17(18,19)20/h5-6,9-10H,1-2,7-8,11H2,3-4H3. The van der Waals surface area contributed by atoms with Gasteiger partial charge in [-0.1, -0.05) is 12.2 Å². The fraction of sp³-hybridized carbons (Fsp3) is 0.353. The molecule has 0 saturated carbocycles. The molecule has 0 unspecified atom stereocenters. The number of alkyl halides is 3. The van der Waals surface area contributed by atoms with Gasteiger partial charge in [-0.15, -0.1) is 13.2 Å². The summed E-state index contributed by atoms with van der Waals surface area (Å²) < 4.78 is 48.5. The molecule has 1 rings (SSSR count). The average Bonchev–Trinajstić information content (AvgIpc) is 2.52. The van der Waals surface area contributed by atoms with Gasteiger partial charge in [-0.25, -0.2) is 0 Å². The maximum absolute atomic E-state index is 12.7. The summed E-state index contributed by atoms with van der Waals surface area (Å²) in [4.78, 5) is 13.2. The third kappa shape index (κ3) is 5.04. The van der Waals surface area contributed by atoms with E-state index < -0.39 is 18.6 Å². The minimum atomic E-state index is -4.50. The molecule has 132 valence electrons. The van der Waals surface area contributed by atoms with Crippen molar-refractivity contribution < 1.29 is 27.4 Å². The lowest BCUT2D eigenvalue weighted by Crippen LogP contribution is -2.39. The lowest BCUT2D eigenvalue weighted by Gasteiger charge is -2.23. The van der Waals surface area contributed by atoms with Crippen molar-refractivity contribution in [3.63, 3.8) is 0 Å². The molecule has 0 saturated heterocycles. The van der Waals surface area contributed by atoms with Crippen molar-refractivity contribution in [3.05, 3.63) is 48.6 Å². The van der Waals surface area contributed by atoms with E-state index >= 15 is 0 Å². The zero-order chi connectivity index (χ0) is 18.3. The first-order chi connectivity index (χ1) is 11.3. The van der Waals surface area contributed by atoms with Crippen LogP contribution < -0.4 is 9.47 Å². The van der Waals surface area contributed by atoms with E-state index in [0.717, 1.165) is 0 Å².